The summed E-state index contributed by atoms with van der Waals surface area (Å²) in [6.07, 6.45) is 14.4. The van der Waals surface area contributed by atoms with E-state index in [1.54, 1.807) is 18.2 Å². The summed E-state index contributed by atoms with van der Waals surface area (Å²) in [5, 5.41) is 3.24. The van der Waals surface area contributed by atoms with Gasteiger partial charge in [0.25, 0.3) is 0 Å². The van der Waals surface area contributed by atoms with Crippen LogP contribution in [-0.2, 0) is 29.5 Å². The number of carbonyl (C=O) groups excluding carboxylic acids is 1. The van der Waals surface area contributed by atoms with Gasteiger partial charge in [-0.25, -0.2) is 0 Å². The number of hydrogen-bond donors (Lipinski definition) is 1. The lowest BCUT2D eigenvalue weighted by atomic mass is 9.68. The SMILES string of the molecule is COc1ccc(CCC(=O)NCCCC(CCCN2CCCCCC23CCc2ccccc2C3)(c2ccccc2)c2ccccc2)cc1.Cl. The van der Waals surface area contributed by atoms with Crippen molar-refractivity contribution in [2.75, 3.05) is 26.7 Å². The van der Waals surface area contributed by atoms with Gasteiger partial charge in [-0.1, -0.05) is 110 Å². The second-order valence-electron chi connectivity index (χ2n) is 14.2. The third kappa shape index (κ3) is 9.15. The normalized spacial score (nSPS) is 17.8. The fourth-order valence-corrected chi connectivity index (χ4v) is 8.66. The number of aryl methyl sites for hydroxylation is 2. The molecule has 5 heteroatoms. The van der Waals surface area contributed by atoms with Crippen LogP contribution in [0.1, 0.15) is 92.0 Å². The standard InChI is InChI=1S/C44H54N2O2.ClH/c1-48-41-24-21-36(22-25-41)23-26-42(47)45-32-13-29-44(39-17-5-2-6-18-39,40-19-7-3-8-20-40)30-14-34-46-33-12-4-11-28-43(46)31-27-37-15-9-10-16-38(37)35-43;/h2-3,5-10,15-22,24-25H,4,11-14,23,26-35H2,1H3,(H,45,47);1H. The van der Waals surface area contributed by atoms with Gasteiger partial charge in [0, 0.05) is 23.9 Å². The van der Waals surface area contributed by atoms with Crippen LogP contribution in [0.2, 0.25) is 0 Å². The van der Waals surface area contributed by atoms with Crippen LogP contribution in [0.5, 0.6) is 5.75 Å². The number of hydrogen-bond acceptors (Lipinski definition) is 3. The number of halogens is 1. The molecular weight excluding hydrogens is 624 g/mol. The fraction of sp³-hybridized carbons (Fsp3) is 0.432. The van der Waals surface area contributed by atoms with Gasteiger partial charge in [0.2, 0.25) is 5.91 Å². The van der Waals surface area contributed by atoms with Crippen LogP contribution < -0.4 is 10.1 Å². The van der Waals surface area contributed by atoms with Crippen molar-refractivity contribution in [3.05, 3.63) is 137 Å². The maximum Gasteiger partial charge on any atom is 0.220 e. The van der Waals surface area contributed by atoms with Crippen LogP contribution in [0, 0.1) is 0 Å². The summed E-state index contributed by atoms with van der Waals surface area (Å²) in [5.74, 6) is 0.963. The van der Waals surface area contributed by atoms with E-state index in [1.165, 1.54) is 62.6 Å². The van der Waals surface area contributed by atoms with Crippen LogP contribution in [0.3, 0.4) is 0 Å². The minimum absolute atomic E-state index is 0. The molecule has 4 nitrogen and oxygen atoms in total. The summed E-state index contributed by atoms with van der Waals surface area (Å²) < 4.78 is 5.27. The van der Waals surface area contributed by atoms with Crippen LogP contribution in [0.25, 0.3) is 0 Å². The summed E-state index contributed by atoms with van der Waals surface area (Å²) in [4.78, 5) is 15.8. The number of amides is 1. The number of carbonyl (C=O) groups is 1. The first-order valence-corrected chi connectivity index (χ1v) is 18.4. The second-order valence-corrected chi connectivity index (χ2v) is 14.2. The first-order chi connectivity index (χ1) is 23.6. The molecule has 2 aliphatic rings. The Labute approximate surface area is 301 Å². The lowest BCUT2D eigenvalue weighted by Crippen LogP contribution is -2.52. The van der Waals surface area contributed by atoms with Crippen LogP contribution >= 0.6 is 12.4 Å². The zero-order valence-corrected chi connectivity index (χ0v) is 30.2. The minimum atomic E-state index is -0.103. The number of ether oxygens (including phenoxy) is 1. The molecule has 1 heterocycles. The molecule has 49 heavy (non-hydrogen) atoms. The Hall–Kier alpha value is -3.60. The summed E-state index contributed by atoms with van der Waals surface area (Å²) in [6.45, 7) is 3.05. The summed E-state index contributed by atoms with van der Waals surface area (Å²) >= 11 is 0. The molecule has 0 radical (unpaired) electrons. The number of rotatable bonds is 14. The molecule has 1 unspecified atom stereocenters. The highest BCUT2D eigenvalue weighted by molar-refractivity contribution is 5.85. The first kappa shape index (κ1) is 36.7. The van der Waals surface area contributed by atoms with Gasteiger partial charge >= 0.3 is 0 Å². The van der Waals surface area contributed by atoms with Gasteiger partial charge in [-0.15, -0.1) is 12.4 Å². The van der Waals surface area contributed by atoms with E-state index in [-0.39, 0.29) is 23.7 Å². The molecule has 1 N–H and O–H groups in total. The highest BCUT2D eigenvalue weighted by atomic mass is 35.5. The molecule has 4 aromatic carbocycles. The largest absolute Gasteiger partial charge is 0.497 e. The van der Waals surface area contributed by atoms with E-state index in [4.69, 9.17) is 4.74 Å². The molecule has 6 rings (SSSR count). The van der Waals surface area contributed by atoms with Crippen LogP contribution in [-0.4, -0.2) is 43.1 Å². The summed E-state index contributed by atoms with van der Waals surface area (Å²) in [5.41, 5.74) is 7.26. The van der Waals surface area contributed by atoms with E-state index in [0.29, 0.717) is 18.5 Å². The lowest BCUT2D eigenvalue weighted by Gasteiger charge is -2.47. The smallest absolute Gasteiger partial charge is 0.220 e. The molecule has 1 fully saturated rings. The maximum absolute atomic E-state index is 12.9. The Morgan fingerprint density at radius 1 is 0.776 bits per heavy atom. The Kier molecular flexibility index (Phi) is 13.4. The van der Waals surface area contributed by atoms with Gasteiger partial charge < -0.3 is 10.1 Å². The Morgan fingerprint density at radius 3 is 2.12 bits per heavy atom. The third-order valence-corrected chi connectivity index (χ3v) is 11.3. The number of nitrogens with one attached hydrogen (secondary N) is 1. The zero-order valence-electron chi connectivity index (χ0n) is 29.4. The highest BCUT2D eigenvalue weighted by Crippen LogP contribution is 2.43. The fourth-order valence-electron chi connectivity index (χ4n) is 8.66. The first-order valence-electron chi connectivity index (χ1n) is 18.4. The van der Waals surface area contributed by atoms with Crippen molar-refractivity contribution in [3.63, 3.8) is 0 Å². The van der Waals surface area contributed by atoms with Gasteiger partial charge in [0.1, 0.15) is 5.75 Å². The average molecular weight is 679 g/mol. The average Bonchev–Trinajstić information content (AvgIpc) is 3.34. The molecule has 1 spiro atoms. The number of methoxy groups -OCH3 is 1. The van der Waals surface area contributed by atoms with Crippen molar-refractivity contribution in [1.29, 1.82) is 0 Å². The maximum atomic E-state index is 12.9. The Bertz CT molecular complexity index is 1540. The van der Waals surface area contributed by atoms with Crippen LogP contribution in [0.4, 0.5) is 0 Å². The molecule has 260 valence electrons. The number of fused-ring (bicyclic) bond motifs is 1. The predicted molar refractivity (Wildman–Crippen MR) is 205 cm³/mol. The van der Waals surface area contributed by atoms with Crippen molar-refractivity contribution in [3.8, 4) is 5.75 Å². The summed E-state index contributed by atoms with van der Waals surface area (Å²) in [6, 6.07) is 39.5. The Balaban J connectivity index is 0.00000468. The van der Waals surface area contributed by atoms with E-state index in [2.05, 4.69) is 95.1 Å². The number of nitrogens with zero attached hydrogens (tertiary/aromatic N) is 1. The van der Waals surface area contributed by atoms with E-state index in [0.717, 1.165) is 50.0 Å². The van der Waals surface area contributed by atoms with Gasteiger partial charge in [-0.05, 0) is 117 Å². The molecular formula is C44H55ClN2O2. The summed E-state index contributed by atoms with van der Waals surface area (Å²) in [7, 11) is 1.67. The predicted octanol–water partition coefficient (Wildman–Crippen LogP) is 9.52. The molecule has 1 amide bonds. The molecule has 1 saturated heterocycles. The monoisotopic (exact) mass is 678 g/mol. The minimum Gasteiger partial charge on any atom is -0.497 e. The van der Waals surface area contributed by atoms with E-state index in [9.17, 15) is 4.79 Å². The van der Waals surface area contributed by atoms with Gasteiger partial charge in [-0.3, -0.25) is 9.69 Å². The Morgan fingerprint density at radius 2 is 1.43 bits per heavy atom. The molecule has 4 aromatic rings. The van der Waals surface area contributed by atoms with E-state index >= 15 is 0 Å². The van der Waals surface area contributed by atoms with E-state index < -0.39 is 0 Å². The van der Waals surface area contributed by atoms with Gasteiger partial charge in [0.05, 0.1) is 7.11 Å². The zero-order chi connectivity index (χ0) is 33.1. The lowest BCUT2D eigenvalue weighted by molar-refractivity contribution is -0.121. The van der Waals surface area contributed by atoms with Gasteiger partial charge in [0.15, 0.2) is 0 Å². The molecule has 0 saturated carbocycles. The molecule has 1 atom stereocenters. The van der Waals surface area contributed by atoms with Crippen molar-refractivity contribution >= 4 is 18.3 Å². The number of likely N-dealkylation sites (tertiary alicyclic amines) is 1. The highest BCUT2D eigenvalue weighted by Gasteiger charge is 2.41. The van der Waals surface area contributed by atoms with Crippen molar-refractivity contribution in [2.45, 2.75) is 94.4 Å². The van der Waals surface area contributed by atoms with Crippen molar-refractivity contribution in [1.82, 2.24) is 10.2 Å². The quantitative estimate of drug-likeness (QED) is 0.135. The number of benzene rings is 4. The van der Waals surface area contributed by atoms with E-state index in [1.807, 2.05) is 24.3 Å². The molecule has 0 bridgehead atoms. The van der Waals surface area contributed by atoms with Crippen molar-refractivity contribution < 1.29 is 9.53 Å². The second kappa shape index (κ2) is 17.9. The third-order valence-electron chi connectivity index (χ3n) is 11.3. The van der Waals surface area contributed by atoms with Crippen molar-refractivity contribution in [2.24, 2.45) is 0 Å². The topological polar surface area (TPSA) is 41.6 Å². The molecule has 0 aromatic heterocycles. The molecule has 1 aliphatic heterocycles. The van der Waals surface area contributed by atoms with Gasteiger partial charge in [-0.2, -0.15) is 0 Å². The van der Waals surface area contributed by atoms with Crippen LogP contribution in [0.15, 0.2) is 109 Å². The molecule has 1 aliphatic carbocycles.